The number of hydrogen-bond donors (Lipinski definition) is 1. The van der Waals surface area contributed by atoms with Gasteiger partial charge in [0.05, 0.1) is 6.61 Å². The fourth-order valence-electron chi connectivity index (χ4n) is 1.38. The van der Waals surface area contributed by atoms with Crippen LogP contribution in [0.15, 0.2) is 24.3 Å². The Bertz CT molecular complexity index is 278. The van der Waals surface area contributed by atoms with E-state index in [0.29, 0.717) is 6.04 Å². The molecule has 0 bridgehead atoms. The van der Waals surface area contributed by atoms with Crippen molar-refractivity contribution in [3.05, 3.63) is 29.8 Å². The summed E-state index contributed by atoms with van der Waals surface area (Å²) in [5.74, 6) is 0.966. The van der Waals surface area contributed by atoms with E-state index >= 15 is 0 Å². The van der Waals surface area contributed by atoms with Gasteiger partial charge in [-0.15, -0.1) is 12.4 Å². The highest BCUT2D eigenvalue weighted by Crippen LogP contribution is 2.14. The molecule has 1 aromatic rings. The molecule has 0 aromatic heterocycles. The Labute approximate surface area is 98.4 Å². The third kappa shape index (κ3) is 5.05. The Morgan fingerprint density at radius 1 is 1.40 bits per heavy atom. The van der Waals surface area contributed by atoms with Crippen molar-refractivity contribution in [1.82, 2.24) is 5.32 Å². The van der Waals surface area contributed by atoms with Crippen molar-refractivity contribution in [2.45, 2.75) is 26.3 Å². The van der Waals surface area contributed by atoms with E-state index in [0.717, 1.165) is 18.8 Å². The molecule has 0 radical (unpaired) electrons. The summed E-state index contributed by atoms with van der Waals surface area (Å²) in [6.07, 6.45) is 1.04. The SMILES string of the molecule is CCOc1cccc(CC(C)NC)c1.Cl. The maximum Gasteiger partial charge on any atom is 0.119 e. The highest BCUT2D eigenvalue weighted by atomic mass is 35.5. The Balaban J connectivity index is 0.00000196. The maximum atomic E-state index is 5.44. The molecule has 0 aliphatic heterocycles. The first-order valence-electron chi connectivity index (χ1n) is 5.15. The second kappa shape index (κ2) is 7.55. The van der Waals surface area contributed by atoms with Crippen molar-refractivity contribution < 1.29 is 4.74 Å². The average Bonchev–Trinajstić information content (AvgIpc) is 2.19. The minimum atomic E-state index is 0. The Hall–Kier alpha value is -0.730. The number of rotatable bonds is 5. The van der Waals surface area contributed by atoms with E-state index in [1.807, 2.05) is 26.1 Å². The third-order valence-electron chi connectivity index (χ3n) is 2.24. The van der Waals surface area contributed by atoms with Crippen LogP contribution >= 0.6 is 12.4 Å². The first-order chi connectivity index (χ1) is 6.76. The number of nitrogens with one attached hydrogen (secondary N) is 1. The molecule has 0 amide bonds. The summed E-state index contributed by atoms with van der Waals surface area (Å²) in [6.45, 7) is 4.90. The lowest BCUT2D eigenvalue weighted by Crippen LogP contribution is -2.23. The molecule has 86 valence electrons. The minimum Gasteiger partial charge on any atom is -0.494 e. The smallest absolute Gasteiger partial charge is 0.119 e. The van der Waals surface area contributed by atoms with Crippen molar-refractivity contribution in [2.75, 3.05) is 13.7 Å². The number of hydrogen-bond acceptors (Lipinski definition) is 2. The largest absolute Gasteiger partial charge is 0.494 e. The van der Waals surface area contributed by atoms with Gasteiger partial charge >= 0.3 is 0 Å². The molecule has 1 rings (SSSR count). The molecule has 0 heterocycles. The first kappa shape index (κ1) is 14.3. The quantitative estimate of drug-likeness (QED) is 0.838. The highest BCUT2D eigenvalue weighted by Gasteiger charge is 2.01. The standard InChI is InChI=1S/C12H19NO.ClH/c1-4-14-12-7-5-6-11(9-12)8-10(2)13-3;/h5-7,9-10,13H,4,8H2,1-3H3;1H. The van der Waals surface area contributed by atoms with Crippen molar-refractivity contribution >= 4 is 12.4 Å². The molecule has 1 N–H and O–H groups in total. The Morgan fingerprint density at radius 3 is 2.73 bits per heavy atom. The van der Waals surface area contributed by atoms with Crippen molar-refractivity contribution in [1.29, 1.82) is 0 Å². The number of likely N-dealkylation sites (N-methyl/N-ethyl adjacent to an activating group) is 1. The highest BCUT2D eigenvalue weighted by molar-refractivity contribution is 5.85. The topological polar surface area (TPSA) is 21.3 Å². The Kier molecular flexibility index (Phi) is 7.18. The van der Waals surface area contributed by atoms with E-state index in [1.165, 1.54) is 5.56 Å². The van der Waals surface area contributed by atoms with Gasteiger partial charge in [0.25, 0.3) is 0 Å². The van der Waals surface area contributed by atoms with E-state index in [2.05, 4.69) is 24.4 Å². The fraction of sp³-hybridized carbons (Fsp3) is 0.500. The van der Waals surface area contributed by atoms with Crippen LogP contribution < -0.4 is 10.1 Å². The van der Waals surface area contributed by atoms with Gasteiger partial charge in [-0.25, -0.2) is 0 Å². The van der Waals surface area contributed by atoms with E-state index < -0.39 is 0 Å². The lowest BCUT2D eigenvalue weighted by molar-refractivity contribution is 0.340. The van der Waals surface area contributed by atoms with E-state index in [-0.39, 0.29) is 12.4 Å². The third-order valence-corrected chi connectivity index (χ3v) is 2.24. The second-order valence-corrected chi connectivity index (χ2v) is 3.47. The molecule has 3 heteroatoms. The van der Waals surface area contributed by atoms with Crippen molar-refractivity contribution in [2.24, 2.45) is 0 Å². The van der Waals surface area contributed by atoms with Crippen LogP contribution in [0.1, 0.15) is 19.4 Å². The van der Waals surface area contributed by atoms with Gasteiger partial charge in [-0.2, -0.15) is 0 Å². The van der Waals surface area contributed by atoms with Crippen LogP contribution in [-0.2, 0) is 6.42 Å². The van der Waals surface area contributed by atoms with Gasteiger partial charge in [0.15, 0.2) is 0 Å². The summed E-state index contributed by atoms with van der Waals surface area (Å²) in [5.41, 5.74) is 1.32. The fourth-order valence-corrected chi connectivity index (χ4v) is 1.38. The molecular weight excluding hydrogens is 210 g/mol. The average molecular weight is 230 g/mol. The molecule has 1 unspecified atom stereocenters. The first-order valence-corrected chi connectivity index (χ1v) is 5.15. The summed E-state index contributed by atoms with van der Waals surface area (Å²) >= 11 is 0. The zero-order valence-corrected chi connectivity index (χ0v) is 10.4. The van der Waals surface area contributed by atoms with Crippen LogP contribution in [0.25, 0.3) is 0 Å². The van der Waals surface area contributed by atoms with Crippen LogP contribution in [0.3, 0.4) is 0 Å². The normalized spacial score (nSPS) is 11.7. The van der Waals surface area contributed by atoms with Crippen LogP contribution in [0.5, 0.6) is 5.75 Å². The second-order valence-electron chi connectivity index (χ2n) is 3.47. The van der Waals surface area contributed by atoms with Crippen LogP contribution in [0.4, 0.5) is 0 Å². The van der Waals surface area contributed by atoms with Gasteiger partial charge < -0.3 is 10.1 Å². The molecule has 15 heavy (non-hydrogen) atoms. The molecule has 0 spiro atoms. The summed E-state index contributed by atoms with van der Waals surface area (Å²) in [4.78, 5) is 0. The lowest BCUT2D eigenvalue weighted by atomic mass is 10.1. The lowest BCUT2D eigenvalue weighted by Gasteiger charge is -2.11. The maximum absolute atomic E-state index is 5.44. The predicted molar refractivity (Wildman–Crippen MR) is 67.1 cm³/mol. The summed E-state index contributed by atoms with van der Waals surface area (Å²) < 4.78 is 5.44. The summed E-state index contributed by atoms with van der Waals surface area (Å²) in [5, 5.41) is 3.22. The van der Waals surface area contributed by atoms with Crippen molar-refractivity contribution in [3.63, 3.8) is 0 Å². The van der Waals surface area contributed by atoms with Gasteiger partial charge in [0.2, 0.25) is 0 Å². The summed E-state index contributed by atoms with van der Waals surface area (Å²) in [7, 11) is 1.98. The van der Waals surface area contributed by atoms with Crippen molar-refractivity contribution in [3.8, 4) is 5.75 Å². The van der Waals surface area contributed by atoms with Gasteiger partial charge in [-0.1, -0.05) is 12.1 Å². The number of halogens is 1. The predicted octanol–water partition coefficient (Wildman–Crippen LogP) is 2.66. The van der Waals surface area contributed by atoms with E-state index in [1.54, 1.807) is 0 Å². The Morgan fingerprint density at radius 2 is 2.13 bits per heavy atom. The molecule has 0 aliphatic carbocycles. The monoisotopic (exact) mass is 229 g/mol. The van der Waals surface area contributed by atoms with E-state index in [4.69, 9.17) is 4.74 Å². The minimum absolute atomic E-state index is 0. The van der Waals surface area contributed by atoms with E-state index in [9.17, 15) is 0 Å². The molecule has 0 fully saturated rings. The van der Waals surface area contributed by atoms with Gasteiger partial charge in [-0.05, 0) is 45.0 Å². The molecule has 1 atom stereocenters. The molecule has 0 aliphatic rings. The van der Waals surface area contributed by atoms with Crippen LogP contribution in [-0.4, -0.2) is 19.7 Å². The molecule has 0 saturated heterocycles. The van der Waals surface area contributed by atoms with Gasteiger partial charge in [0.1, 0.15) is 5.75 Å². The zero-order valence-electron chi connectivity index (χ0n) is 9.62. The molecule has 1 aromatic carbocycles. The van der Waals surface area contributed by atoms with Crippen LogP contribution in [0, 0.1) is 0 Å². The zero-order chi connectivity index (χ0) is 10.4. The number of benzene rings is 1. The molecule has 2 nitrogen and oxygen atoms in total. The van der Waals surface area contributed by atoms with Gasteiger partial charge in [-0.3, -0.25) is 0 Å². The van der Waals surface area contributed by atoms with Gasteiger partial charge in [0, 0.05) is 6.04 Å². The molecular formula is C12H20ClNO. The number of ether oxygens (including phenoxy) is 1. The summed E-state index contributed by atoms with van der Waals surface area (Å²) in [6, 6.07) is 8.79. The molecule has 0 saturated carbocycles. The van der Waals surface area contributed by atoms with Crippen LogP contribution in [0.2, 0.25) is 0 Å².